The molecule has 4 aliphatic rings. The molecule has 2 saturated carbocycles. The Labute approximate surface area is 285 Å². The molecule has 11 heteroatoms. The number of sulfonamides is 1. The van der Waals surface area contributed by atoms with E-state index in [4.69, 9.17) is 9.72 Å². The Hall–Kier alpha value is -3.21. The Morgan fingerprint density at radius 3 is 2.40 bits per heavy atom. The van der Waals surface area contributed by atoms with E-state index in [1.54, 1.807) is 12.1 Å². The summed E-state index contributed by atoms with van der Waals surface area (Å²) >= 11 is 0. The lowest BCUT2D eigenvalue weighted by molar-refractivity contribution is -0.0430. The number of aromatic nitrogens is 2. The van der Waals surface area contributed by atoms with Gasteiger partial charge in [0.1, 0.15) is 6.10 Å². The lowest BCUT2D eigenvalue weighted by Gasteiger charge is -2.53. The van der Waals surface area contributed by atoms with E-state index in [1.807, 2.05) is 43.0 Å². The van der Waals surface area contributed by atoms with Crippen molar-refractivity contribution in [1.29, 1.82) is 0 Å². The van der Waals surface area contributed by atoms with E-state index in [0.29, 0.717) is 47.6 Å². The standard InChI is InChI=1S/C36H45N5O4S.ClH/c1-23(2)17-30-31-22-40(15-16-41(30)27-20-36(21-27)13-5-6-14-36)34(42)26-11-8-12-28(18-26)46(43,44)39-35-37-29(19-32(38-35)45-31)33-24(3)9-7-10-25(33)4;/h7-12,18-19,23,27,30-31H,5-6,13-17,20-22H2,1-4H3,(H,37,38,39);1H/t30-,31+;/m1./s1. The van der Waals surface area contributed by atoms with Crippen LogP contribution in [0.3, 0.4) is 0 Å². The van der Waals surface area contributed by atoms with Crippen LogP contribution >= 0.6 is 12.4 Å². The molecule has 2 aliphatic carbocycles. The van der Waals surface area contributed by atoms with Crippen molar-refractivity contribution in [2.45, 2.75) is 95.7 Å². The smallest absolute Gasteiger partial charge is 0.264 e. The Bertz CT molecular complexity index is 1730. The van der Waals surface area contributed by atoms with Crippen LogP contribution in [-0.2, 0) is 10.0 Å². The highest BCUT2D eigenvalue weighted by Crippen LogP contribution is 2.55. The Morgan fingerprint density at radius 2 is 1.70 bits per heavy atom. The Balaban J connectivity index is 0.00000386. The summed E-state index contributed by atoms with van der Waals surface area (Å²) in [4.78, 5) is 27.9. The molecule has 0 radical (unpaired) electrons. The molecule has 1 spiro atoms. The number of hydrogen-bond acceptors (Lipinski definition) is 7. The van der Waals surface area contributed by atoms with Crippen LogP contribution in [0.2, 0.25) is 0 Å². The monoisotopic (exact) mass is 679 g/mol. The van der Waals surface area contributed by atoms with Crippen LogP contribution in [0.25, 0.3) is 11.3 Å². The molecule has 252 valence electrons. The second-order valence-corrected chi connectivity index (χ2v) is 16.1. The predicted molar refractivity (Wildman–Crippen MR) is 186 cm³/mol. The number of rotatable bonds is 4. The first-order chi connectivity index (χ1) is 22.0. The molecular weight excluding hydrogens is 634 g/mol. The molecule has 1 saturated heterocycles. The van der Waals surface area contributed by atoms with E-state index in [9.17, 15) is 13.2 Å². The number of fused-ring (bicyclic) bond motifs is 6. The minimum Gasteiger partial charge on any atom is -0.471 e. The summed E-state index contributed by atoms with van der Waals surface area (Å²) in [6, 6.07) is 14.6. The fourth-order valence-electron chi connectivity index (χ4n) is 8.47. The summed E-state index contributed by atoms with van der Waals surface area (Å²) in [7, 11) is -4.09. The molecule has 3 aromatic rings. The highest BCUT2D eigenvalue weighted by Gasteiger charge is 2.51. The summed E-state index contributed by atoms with van der Waals surface area (Å²) in [5.41, 5.74) is 4.36. The highest BCUT2D eigenvalue weighted by atomic mass is 35.5. The summed E-state index contributed by atoms with van der Waals surface area (Å²) in [6.07, 6.45) is 8.28. The molecular formula is C36H46ClN5O4S. The second kappa shape index (κ2) is 13.0. The third-order valence-corrected chi connectivity index (χ3v) is 12.0. The zero-order chi connectivity index (χ0) is 32.2. The van der Waals surface area contributed by atoms with E-state index in [2.05, 4.69) is 28.5 Å². The van der Waals surface area contributed by atoms with E-state index >= 15 is 0 Å². The van der Waals surface area contributed by atoms with Gasteiger partial charge in [0.25, 0.3) is 15.9 Å². The van der Waals surface area contributed by atoms with Gasteiger partial charge in [0, 0.05) is 42.4 Å². The molecule has 0 unspecified atom stereocenters. The number of ether oxygens (including phenoxy) is 1. The van der Waals surface area contributed by atoms with Gasteiger partial charge in [-0.2, -0.15) is 4.98 Å². The first-order valence-corrected chi connectivity index (χ1v) is 18.3. The minimum atomic E-state index is -4.09. The van der Waals surface area contributed by atoms with Crippen LogP contribution in [-0.4, -0.2) is 71.9 Å². The molecule has 7 rings (SSSR count). The van der Waals surface area contributed by atoms with Crippen LogP contribution in [0.1, 0.15) is 80.3 Å². The van der Waals surface area contributed by atoms with Crippen molar-refractivity contribution in [1.82, 2.24) is 19.8 Å². The quantitative estimate of drug-likeness (QED) is 0.330. The molecule has 3 heterocycles. The van der Waals surface area contributed by atoms with Gasteiger partial charge in [0.05, 0.1) is 17.1 Å². The number of aryl methyl sites for hydroxylation is 2. The van der Waals surface area contributed by atoms with E-state index < -0.39 is 10.0 Å². The minimum absolute atomic E-state index is 0. The van der Waals surface area contributed by atoms with Crippen LogP contribution in [0.5, 0.6) is 5.88 Å². The number of nitrogens with one attached hydrogen (secondary N) is 1. The number of amides is 1. The molecule has 6 bridgehead atoms. The van der Waals surface area contributed by atoms with Gasteiger partial charge < -0.3 is 9.64 Å². The first kappa shape index (κ1) is 33.7. The largest absolute Gasteiger partial charge is 0.471 e. The molecule has 2 atom stereocenters. The van der Waals surface area contributed by atoms with Gasteiger partial charge in [0.2, 0.25) is 11.8 Å². The van der Waals surface area contributed by atoms with Gasteiger partial charge in [-0.05, 0) is 86.6 Å². The topological polar surface area (TPSA) is 105 Å². The van der Waals surface area contributed by atoms with Crippen LogP contribution in [0, 0.1) is 25.2 Å². The number of carbonyl (C=O) groups excluding carboxylic acids is 1. The van der Waals surface area contributed by atoms with Crippen LogP contribution < -0.4 is 9.46 Å². The number of benzene rings is 2. The lowest BCUT2D eigenvalue weighted by Crippen LogP contribution is -2.58. The first-order valence-electron chi connectivity index (χ1n) is 16.8. The number of halogens is 1. The SMILES string of the molecule is Cc1cccc(C)c1-c1cc2nc(n1)NS(=O)(=O)c1cccc(c1)C(=O)N1CCN(C3CC4(CCCC4)C3)[C@H](CC(C)C)[C@H](C1)O2.Cl. The average Bonchev–Trinajstić information content (AvgIpc) is 3.42. The predicted octanol–water partition coefficient (Wildman–Crippen LogP) is 6.64. The number of hydrogen-bond donors (Lipinski definition) is 1. The van der Waals surface area contributed by atoms with Crippen molar-refractivity contribution in [3.63, 3.8) is 0 Å². The van der Waals surface area contributed by atoms with Crippen molar-refractivity contribution >= 4 is 34.3 Å². The normalized spacial score (nSPS) is 23.8. The van der Waals surface area contributed by atoms with Crippen molar-refractivity contribution < 1.29 is 17.9 Å². The average molecular weight is 680 g/mol. The van der Waals surface area contributed by atoms with Gasteiger partial charge in [-0.15, -0.1) is 12.4 Å². The van der Waals surface area contributed by atoms with Crippen LogP contribution in [0.15, 0.2) is 53.4 Å². The maximum absolute atomic E-state index is 14.1. The molecule has 47 heavy (non-hydrogen) atoms. The molecule has 1 amide bonds. The van der Waals surface area contributed by atoms with E-state index in [0.717, 1.165) is 29.7 Å². The maximum atomic E-state index is 14.1. The summed E-state index contributed by atoms with van der Waals surface area (Å²) in [5.74, 6) is 0.462. The zero-order valence-electron chi connectivity index (χ0n) is 27.7. The summed E-state index contributed by atoms with van der Waals surface area (Å²) in [5, 5.41) is 0. The van der Waals surface area contributed by atoms with Crippen LogP contribution in [0.4, 0.5) is 5.95 Å². The second-order valence-electron chi connectivity index (χ2n) is 14.4. The number of nitrogens with zero attached hydrogens (tertiary/aromatic N) is 4. The summed E-state index contributed by atoms with van der Waals surface area (Å²) < 4.78 is 36.7. The van der Waals surface area contributed by atoms with E-state index in [1.165, 1.54) is 50.7 Å². The molecule has 1 aromatic heterocycles. The Morgan fingerprint density at radius 1 is 1.00 bits per heavy atom. The molecule has 2 aliphatic heterocycles. The third-order valence-electron chi connectivity index (χ3n) is 10.7. The highest BCUT2D eigenvalue weighted by molar-refractivity contribution is 7.92. The Kier molecular flexibility index (Phi) is 9.32. The van der Waals surface area contributed by atoms with Crippen molar-refractivity contribution in [3.05, 3.63) is 65.2 Å². The molecule has 2 aromatic carbocycles. The molecule has 3 fully saturated rings. The lowest BCUT2D eigenvalue weighted by atomic mass is 9.63. The number of carbonyl (C=O) groups is 1. The number of anilines is 1. The van der Waals surface area contributed by atoms with Gasteiger partial charge in [-0.1, -0.05) is 51.0 Å². The van der Waals surface area contributed by atoms with Gasteiger partial charge in [0.15, 0.2) is 0 Å². The molecule has 1 N–H and O–H groups in total. The van der Waals surface area contributed by atoms with Gasteiger partial charge in [-0.25, -0.2) is 18.1 Å². The fraction of sp³-hybridized carbons (Fsp3) is 0.528. The van der Waals surface area contributed by atoms with Gasteiger partial charge >= 0.3 is 0 Å². The van der Waals surface area contributed by atoms with Crippen molar-refractivity contribution in [2.24, 2.45) is 11.3 Å². The zero-order valence-corrected chi connectivity index (χ0v) is 29.4. The fourth-order valence-corrected chi connectivity index (χ4v) is 9.46. The summed E-state index contributed by atoms with van der Waals surface area (Å²) in [6.45, 7) is 10.2. The maximum Gasteiger partial charge on any atom is 0.264 e. The third kappa shape index (κ3) is 6.61. The molecule has 9 nitrogen and oxygen atoms in total. The van der Waals surface area contributed by atoms with Crippen molar-refractivity contribution in [2.75, 3.05) is 24.4 Å². The van der Waals surface area contributed by atoms with E-state index in [-0.39, 0.29) is 41.3 Å². The van der Waals surface area contributed by atoms with Gasteiger partial charge in [-0.3, -0.25) is 9.69 Å². The van der Waals surface area contributed by atoms with Crippen molar-refractivity contribution in [3.8, 4) is 17.1 Å².